The predicted molar refractivity (Wildman–Crippen MR) is 69.0 cm³/mol. The summed E-state index contributed by atoms with van der Waals surface area (Å²) in [5.74, 6) is 0.265. The van der Waals surface area contributed by atoms with Gasteiger partial charge in [-0.3, -0.25) is 9.36 Å². The maximum Gasteiger partial charge on any atom is 0.279 e. The molecule has 10 nitrogen and oxygen atoms in total. The highest BCUT2D eigenvalue weighted by Gasteiger charge is 2.44. The molecule has 0 amide bonds. The molecule has 1 saturated heterocycles. The van der Waals surface area contributed by atoms with Gasteiger partial charge in [-0.2, -0.15) is 0 Å². The Hall–Kier alpha value is -1.85. The Morgan fingerprint density at radius 1 is 1.43 bits per heavy atom. The number of rotatable bonds is 3. The molecular weight excluding hydrogens is 282 g/mol. The van der Waals surface area contributed by atoms with E-state index in [1.807, 2.05) is 0 Å². The lowest BCUT2D eigenvalue weighted by atomic mass is 10.1. The van der Waals surface area contributed by atoms with Crippen molar-refractivity contribution in [2.75, 3.05) is 6.61 Å². The van der Waals surface area contributed by atoms with E-state index < -0.39 is 36.7 Å². The first-order valence-electron chi connectivity index (χ1n) is 6.35. The fourth-order valence-electron chi connectivity index (χ4n) is 2.36. The number of aliphatic hydroxyl groups is 3. The number of nitrogens with one attached hydrogen (secondary N) is 1. The quantitative estimate of drug-likeness (QED) is 0.406. The first-order valence-corrected chi connectivity index (χ1v) is 6.35. The monoisotopic (exact) mass is 297 g/mol. The highest BCUT2D eigenvalue weighted by molar-refractivity contribution is 5.69. The second kappa shape index (κ2) is 5.16. The van der Waals surface area contributed by atoms with Gasteiger partial charge in [-0.05, 0) is 0 Å². The smallest absolute Gasteiger partial charge is 0.279 e. The van der Waals surface area contributed by atoms with Crippen LogP contribution in [-0.2, 0) is 11.3 Å². The number of ether oxygens (including phenoxy) is 1. The Morgan fingerprint density at radius 3 is 2.81 bits per heavy atom. The van der Waals surface area contributed by atoms with Gasteiger partial charge in [0.05, 0.1) is 19.5 Å². The van der Waals surface area contributed by atoms with Crippen LogP contribution in [0.2, 0.25) is 0 Å². The van der Waals surface area contributed by atoms with Crippen molar-refractivity contribution in [3.8, 4) is 0 Å². The lowest BCUT2D eigenvalue weighted by molar-refractivity contribution is -0.0511. The zero-order valence-electron chi connectivity index (χ0n) is 10.9. The van der Waals surface area contributed by atoms with Crippen molar-refractivity contribution in [3.63, 3.8) is 0 Å². The summed E-state index contributed by atoms with van der Waals surface area (Å²) in [7, 11) is 0. The molecule has 1 fully saturated rings. The fraction of sp³-hybridized carbons (Fsp3) is 0.545. The van der Waals surface area contributed by atoms with E-state index in [0.717, 1.165) is 0 Å². The molecule has 0 bridgehead atoms. The van der Waals surface area contributed by atoms with E-state index >= 15 is 0 Å². The summed E-state index contributed by atoms with van der Waals surface area (Å²) in [5.41, 5.74) is 5.27. The molecule has 1 aliphatic heterocycles. The van der Waals surface area contributed by atoms with E-state index in [-0.39, 0.29) is 23.5 Å². The molecule has 0 aliphatic carbocycles. The molecule has 21 heavy (non-hydrogen) atoms. The van der Waals surface area contributed by atoms with Crippen molar-refractivity contribution in [2.24, 2.45) is 5.73 Å². The second-order valence-corrected chi connectivity index (χ2v) is 4.77. The average molecular weight is 297 g/mol. The van der Waals surface area contributed by atoms with Crippen LogP contribution in [0.5, 0.6) is 0 Å². The van der Waals surface area contributed by atoms with Gasteiger partial charge in [0.2, 0.25) is 0 Å². The number of imidazole rings is 1. The molecule has 2 aromatic rings. The van der Waals surface area contributed by atoms with E-state index in [1.165, 1.54) is 10.9 Å². The predicted octanol–water partition coefficient (Wildman–Crippen LogP) is -2.81. The van der Waals surface area contributed by atoms with E-state index in [0.29, 0.717) is 0 Å². The zero-order valence-corrected chi connectivity index (χ0v) is 10.9. The number of fused-ring (bicyclic) bond motifs is 1. The molecule has 3 heterocycles. The molecule has 0 aromatic carbocycles. The molecule has 6 N–H and O–H groups in total. The van der Waals surface area contributed by atoms with Gasteiger partial charge in [0.15, 0.2) is 17.4 Å². The zero-order chi connectivity index (χ0) is 15.1. The third-order valence-corrected chi connectivity index (χ3v) is 3.47. The van der Waals surface area contributed by atoms with Gasteiger partial charge in [-0.25, -0.2) is 9.97 Å². The van der Waals surface area contributed by atoms with Crippen LogP contribution < -0.4 is 11.3 Å². The Kier molecular flexibility index (Phi) is 3.47. The van der Waals surface area contributed by atoms with Crippen molar-refractivity contribution >= 4 is 11.2 Å². The number of nitrogens with zero attached hydrogens (tertiary/aromatic N) is 3. The highest BCUT2D eigenvalue weighted by atomic mass is 16.6. The van der Waals surface area contributed by atoms with Crippen molar-refractivity contribution in [2.45, 2.75) is 31.1 Å². The van der Waals surface area contributed by atoms with Crippen LogP contribution >= 0.6 is 0 Å². The third kappa shape index (κ3) is 2.13. The van der Waals surface area contributed by atoms with Gasteiger partial charge in [0.1, 0.15) is 24.1 Å². The number of aromatic nitrogens is 4. The molecule has 2 aromatic heterocycles. The Labute approximate surface area is 117 Å². The SMILES string of the molecule is NCc1nc2c(ncn2[C@@H]2O[C@H](CO)[C@H](O)C2O)c(=O)[nH]1. The van der Waals surface area contributed by atoms with E-state index in [2.05, 4.69) is 15.0 Å². The third-order valence-electron chi connectivity index (χ3n) is 3.47. The van der Waals surface area contributed by atoms with Crippen LogP contribution in [0.4, 0.5) is 0 Å². The minimum Gasteiger partial charge on any atom is -0.394 e. The van der Waals surface area contributed by atoms with Gasteiger partial charge in [0.25, 0.3) is 5.56 Å². The van der Waals surface area contributed by atoms with Crippen LogP contribution in [-0.4, -0.2) is 59.8 Å². The summed E-state index contributed by atoms with van der Waals surface area (Å²) >= 11 is 0. The van der Waals surface area contributed by atoms with E-state index in [4.69, 9.17) is 15.6 Å². The van der Waals surface area contributed by atoms with Gasteiger partial charge >= 0.3 is 0 Å². The van der Waals surface area contributed by atoms with E-state index in [9.17, 15) is 15.0 Å². The highest BCUT2D eigenvalue weighted by Crippen LogP contribution is 2.30. The second-order valence-electron chi connectivity index (χ2n) is 4.77. The van der Waals surface area contributed by atoms with Crippen molar-refractivity contribution in [1.29, 1.82) is 0 Å². The van der Waals surface area contributed by atoms with Gasteiger partial charge in [-0.15, -0.1) is 0 Å². The summed E-state index contributed by atoms with van der Waals surface area (Å²) < 4.78 is 6.73. The average Bonchev–Trinajstić information content (AvgIpc) is 3.02. The largest absolute Gasteiger partial charge is 0.394 e. The molecule has 0 radical (unpaired) electrons. The number of H-pyrrole nitrogens is 1. The Bertz CT molecular complexity index is 713. The molecule has 0 saturated carbocycles. The first-order chi connectivity index (χ1) is 10.1. The lowest BCUT2D eigenvalue weighted by Crippen LogP contribution is -2.33. The van der Waals surface area contributed by atoms with Crippen molar-refractivity contribution < 1.29 is 20.1 Å². The summed E-state index contributed by atoms with van der Waals surface area (Å²) in [6, 6.07) is 0. The lowest BCUT2D eigenvalue weighted by Gasteiger charge is -2.16. The van der Waals surface area contributed by atoms with Crippen LogP contribution in [0, 0.1) is 0 Å². The number of aliphatic hydroxyl groups excluding tert-OH is 3. The van der Waals surface area contributed by atoms with Crippen LogP contribution in [0.1, 0.15) is 12.1 Å². The molecule has 0 spiro atoms. The number of hydrogen-bond acceptors (Lipinski definition) is 8. The fourth-order valence-corrected chi connectivity index (χ4v) is 2.36. The molecule has 10 heteroatoms. The maximum atomic E-state index is 11.8. The van der Waals surface area contributed by atoms with Gasteiger partial charge in [0, 0.05) is 0 Å². The topological polar surface area (TPSA) is 160 Å². The van der Waals surface area contributed by atoms with Crippen molar-refractivity contribution in [3.05, 3.63) is 22.5 Å². The number of nitrogens with two attached hydrogens (primary N) is 1. The minimum absolute atomic E-state index is 0.0341. The summed E-state index contributed by atoms with van der Waals surface area (Å²) in [6.45, 7) is -0.407. The van der Waals surface area contributed by atoms with Crippen LogP contribution in [0.15, 0.2) is 11.1 Å². The van der Waals surface area contributed by atoms with Gasteiger partial charge < -0.3 is 30.8 Å². The molecule has 1 unspecified atom stereocenters. The first kappa shape index (κ1) is 14.1. The summed E-state index contributed by atoms with van der Waals surface area (Å²) in [6.07, 6.45) is -3.15. The molecule has 3 rings (SSSR count). The number of hydrogen-bond donors (Lipinski definition) is 5. The van der Waals surface area contributed by atoms with Crippen LogP contribution in [0.3, 0.4) is 0 Å². The normalized spacial score (nSPS) is 29.3. The van der Waals surface area contributed by atoms with E-state index in [1.54, 1.807) is 0 Å². The number of aromatic amines is 1. The summed E-state index contributed by atoms with van der Waals surface area (Å²) in [5, 5.41) is 28.9. The molecular formula is C11H15N5O5. The molecule has 1 aliphatic rings. The van der Waals surface area contributed by atoms with Crippen LogP contribution in [0.25, 0.3) is 11.2 Å². The van der Waals surface area contributed by atoms with Crippen molar-refractivity contribution in [1.82, 2.24) is 19.5 Å². The summed E-state index contributed by atoms with van der Waals surface area (Å²) in [4.78, 5) is 22.4. The molecule has 114 valence electrons. The minimum atomic E-state index is -1.28. The molecule has 4 atom stereocenters. The standard InChI is InChI=1S/C11H15N5O5/c12-1-5-14-9-6(10(20)15-5)13-3-16(9)11-8(19)7(18)4(2-17)21-11/h3-4,7-8,11,17-19H,1-2,12H2,(H,14,15,20)/t4-,7+,8?,11-/m1/s1. The Balaban J connectivity index is 2.09. The maximum absolute atomic E-state index is 11.8. The van der Waals surface area contributed by atoms with Gasteiger partial charge in [-0.1, -0.05) is 0 Å². The Morgan fingerprint density at radius 2 is 2.19 bits per heavy atom.